The third-order valence-electron chi connectivity index (χ3n) is 5.00. The maximum absolute atomic E-state index is 12.7. The Morgan fingerprint density at radius 1 is 1.08 bits per heavy atom. The molecule has 1 fully saturated rings. The molecule has 26 heavy (non-hydrogen) atoms. The molecule has 2 aromatic rings. The zero-order valence-electron chi connectivity index (χ0n) is 14.7. The summed E-state index contributed by atoms with van der Waals surface area (Å²) in [5.74, 6) is 0.214. The molecule has 0 aromatic heterocycles. The predicted molar refractivity (Wildman–Crippen MR) is 108 cm³/mol. The lowest BCUT2D eigenvalue weighted by atomic mass is 9.88. The fourth-order valence-electron chi connectivity index (χ4n) is 3.58. The number of likely N-dealkylation sites (tertiary alicyclic amines) is 1. The van der Waals surface area contributed by atoms with Gasteiger partial charge in [0.1, 0.15) is 0 Å². The molecule has 3 rings (SSSR count). The maximum Gasteiger partial charge on any atom is 0.166 e. The summed E-state index contributed by atoms with van der Waals surface area (Å²) in [5, 5.41) is 0.910. The van der Waals surface area contributed by atoms with Gasteiger partial charge >= 0.3 is 0 Å². The number of halogens is 2. The summed E-state index contributed by atoms with van der Waals surface area (Å²) in [5.41, 5.74) is 8.24. The van der Waals surface area contributed by atoms with Crippen molar-refractivity contribution in [2.75, 3.05) is 19.6 Å². The predicted octanol–water partition coefficient (Wildman–Crippen LogP) is 4.46. The van der Waals surface area contributed by atoms with Crippen LogP contribution in [0.2, 0.25) is 10.0 Å². The molecule has 1 atom stereocenters. The highest BCUT2D eigenvalue weighted by molar-refractivity contribution is 6.42. The SMILES string of the molecule is N[C@@H](Cc1ccccc1)CN1CCC(C(=O)c2ccc(Cl)c(Cl)c2)CC1. The Labute approximate surface area is 165 Å². The number of benzene rings is 2. The molecule has 1 aliphatic heterocycles. The number of carbonyl (C=O) groups is 1. The minimum atomic E-state index is 0.0499. The first-order valence-electron chi connectivity index (χ1n) is 9.04. The Bertz CT molecular complexity index is 743. The van der Waals surface area contributed by atoms with Crippen molar-refractivity contribution in [2.24, 2.45) is 11.7 Å². The summed E-state index contributed by atoms with van der Waals surface area (Å²) in [6.45, 7) is 2.67. The Morgan fingerprint density at radius 3 is 2.42 bits per heavy atom. The first kappa shape index (κ1) is 19.4. The van der Waals surface area contributed by atoms with E-state index in [2.05, 4.69) is 17.0 Å². The van der Waals surface area contributed by atoms with E-state index in [1.54, 1.807) is 18.2 Å². The second-order valence-corrected chi connectivity index (χ2v) is 7.83. The van der Waals surface area contributed by atoms with E-state index >= 15 is 0 Å². The number of ketones is 1. The normalized spacial score (nSPS) is 17.2. The molecule has 0 amide bonds. The summed E-state index contributed by atoms with van der Waals surface area (Å²) in [6.07, 6.45) is 2.59. The number of Topliss-reactive ketones (excluding diaryl/α,β-unsaturated/α-hetero) is 1. The second-order valence-electron chi connectivity index (χ2n) is 7.02. The molecule has 0 radical (unpaired) electrons. The van der Waals surface area contributed by atoms with Crippen LogP contribution in [0.5, 0.6) is 0 Å². The van der Waals surface area contributed by atoms with E-state index in [9.17, 15) is 4.79 Å². The van der Waals surface area contributed by atoms with Gasteiger partial charge in [0.2, 0.25) is 0 Å². The molecule has 1 heterocycles. The molecular formula is C21H24Cl2N2O. The smallest absolute Gasteiger partial charge is 0.166 e. The number of nitrogens with two attached hydrogens (primary N) is 1. The molecule has 0 unspecified atom stereocenters. The number of rotatable bonds is 6. The van der Waals surface area contributed by atoms with Gasteiger partial charge in [-0.25, -0.2) is 0 Å². The Hall–Kier alpha value is -1.39. The van der Waals surface area contributed by atoms with Gasteiger partial charge in [-0.05, 0) is 56.1 Å². The van der Waals surface area contributed by atoms with Crippen molar-refractivity contribution in [1.29, 1.82) is 0 Å². The zero-order chi connectivity index (χ0) is 18.5. The average Bonchev–Trinajstić information content (AvgIpc) is 2.65. The third kappa shape index (κ3) is 5.08. The van der Waals surface area contributed by atoms with Gasteiger partial charge in [-0.2, -0.15) is 0 Å². The minimum Gasteiger partial charge on any atom is -0.326 e. The number of carbonyl (C=O) groups excluding carboxylic acids is 1. The standard InChI is InChI=1S/C21H24Cl2N2O/c22-19-7-6-17(13-20(19)23)21(26)16-8-10-25(11-9-16)14-18(24)12-15-4-2-1-3-5-15/h1-7,13,16,18H,8-12,14,24H2/t18-/m0/s1. The van der Waals surface area contributed by atoms with Gasteiger partial charge in [0.05, 0.1) is 10.0 Å². The first-order valence-corrected chi connectivity index (χ1v) is 9.79. The van der Waals surface area contributed by atoms with Crippen molar-refractivity contribution >= 4 is 29.0 Å². The lowest BCUT2D eigenvalue weighted by molar-refractivity contribution is 0.0836. The molecule has 0 aliphatic carbocycles. The highest BCUT2D eigenvalue weighted by atomic mass is 35.5. The van der Waals surface area contributed by atoms with Crippen molar-refractivity contribution in [2.45, 2.75) is 25.3 Å². The van der Waals surface area contributed by atoms with Crippen LogP contribution in [-0.2, 0) is 6.42 Å². The van der Waals surface area contributed by atoms with Crippen molar-refractivity contribution in [3.63, 3.8) is 0 Å². The van der Waals surface area contributed by atoms with Crippen molar-refractivity contribution in [3.8, 4) is 0 Å². The topological polar surface area (TPSA) is 46.3 Å². The molecule has 2 N–H and O–H groups in total. The van der Waals surface area contributed by atoms with Crippen LogP contribution in [0.1, 0.15) is 28.8 Å². The fourth-order valence-corrected chi connectivity index (χ4v) is 3.87. The average molecular weight is 391 g/mol. The maximum atomic E-state index is 12.7. The van der Waals surface area contributed by atoms with Gasteiger partial charge in [0.15, 0.2) is 5.78 Å². The van der Waals surface area contributed by atoms with E-state index in [1.165, 1.54) is 5.56 Å². The zero-order valence-corrected chi connectivity index (χ0v) is 16.2. The monoisotopic (exact) mass is 390 g/mol. The minimum absolute atomic E-state index is 0.0499. The molecule has 5 heteroatoms. The molecule has 0 spiro atoms. The number of hydrogen-bond acceptors (Lipinski definition) is 3. The van der Waals surface area contributed by atoms with E-state index in [1.807, 2.05) is 18.2 Å². The summed E-state index contributed by atoms with van der Waals surface area (Å²) < 4.78 is 0. The number of piperidine rings is 1. The van der Waals surface area contributed by atoms with Gasteiger partial charge in [-0.3, -0.25) is 4.79 Å². The Balaban J connectivity index is 1.49. The fraction of sp³-hybridized carbons (Fsp3) is 0.381. The summed E-state index contributed by atoms with van der Waals surface area (Å²) in [6, 6.07) is 15.6. The van der Waals surface area contributed by atoms with Crippen LogP contribution in [0.3, 0.4) is 0 Å². The quantitative estimate of drug-likeness (QED) is 0.740. The molecule has 1 aliphatic rings. The highest BCUT2D eigenvalue weighted by Gasteiger charge is 2.26. The van der Waals surface area contributed by atoms with Crippen molar-refractivity contribution in [3.05, 3.63) is 69.7 Å². The molecule has 3 nitrogen and oxygen atoms in total. The van der Waals surface area contributed by atoms with Crippen LogP contribution in [0.4, 0.5) is 0 Å². The Kier molecular flexibility index (Phi) is 6.71. The third-order valence-corrected chi connectivity index (χ3v) is 5.73. The molecule has 138 valence electrons. The molecule has 0 saturated carbocycles. The first-order chi connectivity index (χ1) is 12.5. The van der Waals surface area contributed by atoms with Crippen LogP contribution in [0.15, 0.2) is 48.5 Å². The molecule has 2 aromatic carbocycles. The van der Waals surface area contributed by atoms with Gasteiger partial charge in [-0.15, -0.1) is 0 Å². The summed E-state index contributed by atoms with van der Waals surface area (Å²) >= 11 is 12.0. The van der Waals surface area contributed by atoms with E-state index in [0.29, 0.717) is 15.6 Å². The highest BCUT2D eigenvalue weighted by Crippen LogP contribution is 2.27. The lowest BCUT2D eigenvalue weighted by Crippen LogP contribution is -2.43. The number of nitrogens with zero attached hydrogens (tertiary/aromatic N) is 1. The van der Waals surface area contributed by atoms with Crippen LogP contribution in [-0.4, -0.2) is 36.4 Å². The van der Waals surface area contributed by atoms with Crippen molar-refractivity contribution in [1.82, 2.24) is 4.90 Å². The van der Waals surface area contributed by atoms with E-state index < -0.39 is 0 Å². The summed E-state index contributed by atoms with van der Waals surface area (Å²) in [4.78, 5) is 15.1. The van der Waals surface area contributed by atoms with Gasteiger partial charge in [0, 0.05) is 24.1 Å². The van der Waals surface area contributed by atoms with Crippen molar-refractivity contribution < 1.29 is 4.79 Å². The molecule has 0 bridgehead atoms. The van der Waals surface area contributed by atoms with E-state index in [4.69, 9.17) is 28.9 Å². The van der Waals surface area contributed by atoms with Crippen LogP contribution >= 0.6 is 23.2 Å². The lowest BCUT2D eigenvalue weighted by Gasteiger charge is -2.33. The van der Waals surface area contributed by atoms with Gasteiger partial charge < -0.3 is 10.6 Å². The molecule has 1 saturated heterocycles. The van der Waals surface area contributed by atoms with Crippen LogP contribution in [0.25, 0.3) is 0 Å². The van der Waals surface area contributed by atoms with Crippen LogP contribution in [0, 0.1) is 5.92 Å². The van der Waals surface area contributed by atoms with Gasteiger partial charge in [-0.1, -0.05) is 53.5 Å². The second kappa shape index (κ2) is 9.01. The Morgan fingerprint density at radius 2 is 1.77 bits per heavy atom. The molecular weight excluding hydrogens is 367 g/mol. The van der Waals surface area contributed by atoms with E-state index in [-0.39, 0.29) is 17.7 Å². The largest absolute Gasteiger partial charge is 0.326 e. The van der Waals surface area contributed by atoms with Gasteiger partial charge in [0.25, 0.3) is 0 Å². The summed E-state index contributed by atoms with van der Waals surface area (Å²) in [7, 11) is 0. The van der Waals surface area contributed by atoms with E-state index in [0.717, 1.165) is 38.9 Å². The van der Waals surface area contributed by atoms with Crippen LogP contribution < -0.4 is 5.73 Å². The number of hydrogen-bond donors (Lipinski definition) is 1.